The molecule has 0 saturated heterocycles. The Morgan fingerprint density at radius 1 is 0.679 bits per heavy atom. The second-order valence-corrected chi connectivity index (χ2v) is 18.1. The molecule has 0 aromatic rings. The van der Waals surface area contributed by atoms with Crippen molar-refractivity contribution in [3.8, 4) is 0 Å². The Morgan fingerprint density at radius 3 is 1.29 bits per heavy atom. The van der Waals surface area contributed by atoms with Gasteiger partial charge in [-0.3, -0.25) is 0 Å². The monoisotopic (exact) mass is 430 g/mol. The van der Waals surface area contributed by atoms with Crippen LogP contribution in [-0.4, -0.2) is 28.8 Å². The second-order valence-electron chi connectivity index (χ2n) is 8.69. The summed E-state index contributed by atoms with van der Waals surface area (Å²) in [6.07, 6.45) is 1.41. The molecule has 0 aromatic heterocycles. The van der Waals surface area contributed by atoms with Crippen LogP contribution in [0.1, 0.15) is 81.6 Å². The first-order valence-electron chi connectivity index (χ1n) is 10.9. The Balaban J connectivity index is 5.28. The van der Waals surface area contributed by atoms with Crippen molar-refractivity contribution in [2.45, 2.75) is 116 Å². The molecule has 0 aliphatic rings. The number of azo groups is 1. The van der Waals surface area contributed by atoms with E-state index in [-0.39, 0.29) is 16.6 Å². The van der Waals surface area contributed by atoms with Gasteiger partial charge in [-0.05, 0) is 34.8 Å². The minimum Gasteiger partial charge on any atom is -0.501 e. The van der Waals surface area contributed by atoms with Crippen LogP contribution < -0.4 is 0 Å². The molecule has 0 unspecified atom stereocenters. The molecule has 0 rings (SSSR count). The van der Waals surface area contributed by atoms with Gasteiger partial charge in [-0.1, -0.05) is 91.8 Å². The molecule has 0 fully saturated rings. The highest BCUT2D eigenvalue weighted by molar-refractivity contribution is 6.79. The molecule has 0 bridgehead atoms. The molecule has 0 aliphatic heterocycles. The van der Waals surface area contributed by atoms with Crippen LogP contribution in [0.2, 0.25) is 34.8 Å². The summed E-state index contributed by atoms with van der Waals surface area (Å²) >= 11 is 0. The van der Waals surface area contributed by atoms with Gasteiger partial charge in [0.2, 0.25) is 0 Å². The molecule has 28 heavy (non-hydrogen) atoms. The van der Waals surface area contributed by atoms with Crippen molar-refractivity contribution >= 4 is 28.8 Å². The van der Waals surface area contributed by atoms with E-state index in [1.807, 2.05) is 0 Å². The van der Waals surface area contributed by atoms with Crippen molar-refractivity contribution in [2.75, 3.05) is 0 Å². The summed E-state index contributed by atoms with van der Waals surface area (Å²) in [6, 6.07) is 2.76. The summed E-state index contributed by atoms with van der Waals surface area (Å²) < 4.78 is 11.7. The van der Waals surface area contributed by atoms with Gasteiger partial charge in [0.25, 0.3) is 16.6 Å². The predicted molar refractivity (Wildman–Crippen MR) is 120 cm³/mol. The summed E-state index contributed by atoms with van der Waals surface area (Å²) in [4.78, 5) is 24.7. The average Bonchev–Trinajstić information content (AvgIpc) is 2.57. The van der Waals surface area contributed by atoms with E-state index >= 15 is 0 Å². The minimum atomic E-state index is -2.39. The number of hydrogen-bond donors (Lipinski definition) is 0. The van der Waals surface area contributed by atoms with Crippen molar-refractivity contribution in [3.05, 3.63) is 0 Å². The second kappa shape index (κ2) is 12.5. The van der Waals surface area contributed by atoms with Crippen LogP contribution in [0.25, 0.3) is 0 Å². The number of nitrogens with zero attached hydrogens (tertiary/aromatic N) is 2. The minimum absolute atomic E-state index is 0.248. The van der Waals surface area contributed by atoms with Gasteiger partial charge in [-0.2, -0.15) is 0 Å². The van der Waals surface area contributed by atoms with E-state index in [1.165, 1.54) is 0 Å². The third-order valence-electron chi connectivity index (χ3n) is 5.61. The first-order valence-corrected chi connectivity index (χ1v) is 15.6. The summed E-state index contributed by atoms with van der Waals surface area (Å²) in [7, 11) is -4.57. The SMILES string of the molecule is CCC[Si](CCC)(CCC)OC(=O)N=NC(=O)O[Si](C(C)C)(C(C)C)C(C)C. The lowest BCUT2D eigenvalue weighted by Gasteiger charge is -2.40. The number of hydrogen-bond acceptors (Lipinski definition) is 4. The maximum absolute atomic E-state index is 12.4. The maximum Gasteiger partial charge on any atom is 0.439 e. The number of rotatable bonds is 11. The van der Waals surface area contributed by atoms with Crippen LogP contribution in [0.15, 0.2) is 10.2 Å². The van der Waals surface area contributed by atoms with Crippen molar-refractivity contribution in [1.29, 1.82) is 0 Å². The number of carbonyl (C=O) groups excluding carboxylic acids is 2. The Morgan fingerprint density at radius 2 is 1.00 bits per heavy atom. The highest BCUT2D eigenvalue weighted by Crippen LogP contribution is 2.42. The highest BCUT2D eigenvalue weighted by Gasteiger charge is 2.48. The third-order valence-corrected chi connectivity index (χ3v) is 16.4. The quantitative estimate of drug-likeness (QED) is 0.245. The van der Waals surface area contributed by atoms with Gasteiger partial charge >= 0.3 is 12.2 Å². The Hall–Kier alpha value is -1.03. The number of amides is 2. The van der Waals surface area contributed by atoms with Crippen molar-refractivity contribution < 1.29 is 18.4 Å². The smallest absolute Gasteiger partial charge is 0.439 e. The number of carbonyl (C=O) groups is 2. The van der Waals surface area contributed by atoms with E-state index in [0.29, 0.717) is 0 Å². The molecule has 0 aromatic carbocycles. The van der Waals surface area contributed by atoms with Gasteiger partial charge in [-0.25, -0.2) is 9.59 Å². The molecule has 0 aliphatic carbocycles. The first-order chi connectivity index (χ1) is 13.0. The van der Waals surface area contributed by atoms with E-state index < -0.39 is 28.8 Å². The highest BCUT2D eigenvalue weighted by atomic mass is 28.4. The molecule has 8 heteroatoms. The maximum atomic E-state index is 12.4. The van der Waals surface area contributed by atoms with Crippen molar-refractivity contribution in [3.63, 3.8) is 0 Å². The fraction of sp³-hybridized carbons (Fsp3) is 0.900. The molecule has 0 spiro atoms. The zero-order valence-electron chi connectivity index (χ0n) is 19.5. The predicted octanol–water partition coefficient (Wildman–Crippen LogP) is 8.06. The molecule has 164 valence electrons. The van der Waals surface area contributed by atoms with Crippen LogP contribution in [0, 0.1) is 0 Å². The van der Waals surface area contributed by atoms with Gasteiger partial charge in [0.1, 0.15) is 0 Å². The molecule has 2 amide bonds. The lowest BCUT2D eigenvalue weighted by molar-refractivity contribution is 0.194. The van der Waals surface area contributed by atoms with Crippen molar-refractivity contribution in [1.82, 2.24) is 0 Å². The summed E-state index contributed by atoms with van der Waals surface area (Å²) in [6.45, 7) is 18.8. The zero-order valence-corrected chi connectivity index (χ0v) is 21.5. The Kier molecular flexibility index (Phi) is 12.1. The summed E-state index contributed by atoms with van der Waals surface area (Å²) in [5.41, 5.74) is 0.743. The van der Waals surface area contributed by atoms with Crippen LogP contribution >= 0.6 is 0 Å². The van der Waals surface area contributed by atoms with Crippen molar-refractivity contribution in [2.24, 2.45) is 10.2 Å². The molecule has 0 saturated carbocycles. The molecule has 6 nitrogen and oxygen atoms in total. The van der Waals surface area contributed by atoms with E-state index in [1.54, 1.807) is 0 Å². The molecule has 0 radical (unpaired) electrons. The van der Waals surface area contributed by atoms with Gasteiger partial charge in [0.05, 0.1) is 0 Å². The Labute approximate surface area is 174 Å². The lowest BCUT2D eigenvalue weighted by atomic mass is 10.5. The van der Waals surface area contributed by atoms with Crippen LogP contribution in [0.3, 0.4) is 0 Å². The van der Waals surface area contributed by atoms with Gasteiger partial charge < -0.3 is 8.85 Å². The van der Waals surface area contributed by atoms with E-state index in [0.717, 1.165) is 37.4 Å². The van der Waals surface area contributed by atoms with E-state index in [9.17, 15) is 9.59 Å². The van der Waals surface area contributed by atoms with E-state index in [2.05, 4.69) is 72.5 Å². The third kappa shape index (κ3) is 7.42. The Bertz CT molecular complexity index is 484. The normalized spacial score (nSPS) is 13.0. The first kappa shape index (κ1) is 27.0. The van der Waals surface area contributed by atoms with Crippen LogP contribution in [0.5, 0.6) is 0 Å². The van der Waals surface area contributed by atoms with Crippen LogP contribution in [0.4, 0.5) is 9.59 Å². The fourth-order valence-electron chi connectivity index (χ4n) is 4.71. The van der Waals surface area contributed by atoms with Crippen LogP contribution in [-0.2, 0) is 8.85 Å². The molecular formula is C20H42N2O4Si2. The van der Waals surface area contributed by atoms with E-state index in [4.69, 9.17) is 8.85 Å². The fourth-order valence-corrected chi connectivity index (χ4v) is 14.0. The summed E-state index contributed by atoms with van der Waals surface area (Å²) in [5.74, 6) is 0. The average molecular weight is 431 g/mol. The molecule has 0 N–H and O–H groups in total. The van der Waals surface area contributed by atoms with Gasteiger partial charge in [-0.15, -0.1) is 0 Å². The lowest BCUT2D eigenvalue weighted by Crippen LogP contribution is -2.48. The topological polar surface area (TPSA) is 77.3 Å². The summed E-state index contributed by atoms with van der Waals surface area (Å²) in [5, 5.41) is 7.13. The standard InChI is InChI=1S/C20H42N2O4Si2/c1-10-13-27(14-11-2,15-12-3)25-19(23)21-22-20(24)26-28(16(4)5,17(6)7)18(8)9/h16-18H,10-15H2,1-9H3. The molecular weight excluding hydrogens is 388 g/mol. The molecule has 0 heterocycles. The van der Waals surface area contributed by atoms with Gasteiger partial charge in [0, 0.05) is 0 Å². The van der Waals surface area contributed by atoms with Gasteiger partial charge in [0.15, 0.2) is 0 Å². The molecule has 0 atom stereocenters. The zero-order chi connectivity index (χ0) is 22.0. The largest absolute Gasteiger partial charge is 0.501 e.